The van der Waals surface area contributed by atoms with E-state index in [2.05, 4.69) is 100 Å². The molecular formula is C69H129N3O7. The number of benzene rings is 1. The van der Waals surface area contributed by atoms with Gasteiger partial charge < -0.3 is 35.1 Å². The molecule has 1 rings (SSSR count). The maximum Gasteiger partial charge on any atom is 0.303 e. The maximum atomic E-state index is 10.3. The molecule has 1 aromatic carbocycles. The van der Waals surface area contributed by atoms with Crippen LogP contribution in [0.1, 0.15) is 307 Å². The van der Waals surface area contributed by atoms with Crippen molar-refractivity contribution in [2.45, 2.75) is 310 Å². The lowest BCUT2D eigenvalue weighted by Crippen LogP contribution is -2.20. The largest absolute Gasteiger partial charge is 0.508 e. The molecule has 4 N–H and O–H groups in total. The number of aliphatic carboxylic acids is 3. The molecule has 0 aliphatic rings. The minimum absolute atomic E-state index is 0.332. The summed E-state index contributed by atoms with van der Waals surface area (Å²) in [5.74, 6) is -1.60. The molecule has 462 valence electrons. The first-order valence-electron chi connectivity index (χ1n) is 32.5. The number of aromatic hydroxyl groups is 1. The van der Waals surface area contributed by atoms with E-state index in [1.165, 1.54) is 223 Å². The molecule has 0 saturated heterocycles. The van der Waals surface area contributed by atoms with Crippen LogP contribution in [0, 0.1) is 0 Å². The molecule has 10 heteroatoms. The third-order valence-electron chi connectivity index (χ3n) is 13.9. The number of rotatable bonds is 51. The van der Waals surface area contributed by atoms with Crippen molar-refractivity contribution in [1.82, 2.24) is 14.7 Å². The zero-order valence-electron chi connectivity index (χ0n) is 53.3. The monoisotopic (exact) mass is 1110 g/mol. The average molecular weight is 1110 g/mol. The number of nitrogens with zero attached hydrogens (tertiary/aromatic N) is 3. The van der Waals surface area contributed by atoms with E-state index in [1.807, 2.05) is 26.2 Å². The highest BCUT2D eigenvalue weighted by molar-refractivity contribution is 5.67. The topological polar surface area (TPSA) is 142 Å². The number of phenols is 1. The van der Waals surface area contributed by atoms with E-state index in [0.717, 1.165) is 63.7 Å². The van der Waals surface area contributed by atoms with Crippen molar-refractivity contribution >= 4 is 17.9 Å². The highest BCUT2D eigenvalue weighted by Gasteiger charge is 2.15. The lowest BCUT2D eigenvalue weighted by molar-refractivity contribution is -0.138. The summed E-state index contributed by atoms with van der Waals surface area (Å²) < 4.78 is 0. The molecule has 0 radical (unpaired) electrons. The fourth-order valence-electron chi connectivity index (χ4n) is 9.26. The number of unbranched alkanes of at least 4 members (excludes halogenated alkanes) is 33. The van der Waals surface area contributed by atoms with E-state index in [4.69, 9.17) is 15.3 Å². The van der Waals surface area contributed by atoms with Crippen LogP contribution in [-0.2, 0) is 34.0 Å². The van der Waals surface area contributed by atoms with Crippen molar-refractivity contribution in [2.75, 3.05) is 42.3 Å². The summed E-state index contributed by atoms with van der Waals surface area (Å²) in [6.45, 7) is 9.28. The van der Waals surface area contributed by atoms with Gasteiger partial charge in [0.1, 0.15) is 5.75 Å². The number of phenolic OH excluding ortho intramolecular Hbond substituents is 1. The summed E-state index contributed by atoms with van der Waals surface area (Å²) in [7, 11) is 12.3. The van der Waals surface area contributed by atoms with Crippen molar-refractivity contribution in [2.24, 2.45) is 0 Å². The first-order valence-corrected chi connectivity index (χ1v) is 32.5. The molecule has 10 nitrogen and oxygen atoms in total. The van der Waals surface area contributed by atoms with Crippen molar-refractivity contribution in [3.05, 3.63) is 65.3 Å². The van der Waals surface area contributed by atoms with Crippen LogP contribution in [0.4, 0.5) is 0 Å². The number of carbonyl (C=O) groups is 3. The van der Waals surface area contributed by atoms with Crippen LogP contribution >= 0.6 is 0 Å². The highest BCUT2D eigenvalue weighted by Crippen LogP contribution is 2.28. The van der Waals surface area contributed by atoms with Gasteiger partial charge in [-0.15, -0.1) is 0 Å². The quantitative estimate of drug-likeness (QED) is 0.0368. The fraction of sp³-hybridized carbons (Fsp3) is 0.783. The second kappa shape index (κ2) is 63.7. The van der Waals surface area contributed by atoms with Crippen molar-refractivity contribution < 1.29 is 34.8 Å². The van der Waals surface area contributed by atoms with Crippen LogP contribution in [0.25, 0.3) is 0 Å². The van der Waals surface area contributed by atoms with Gasteiger partial charge in [-0.25, -0.2) is 0 Å². The summed E-state index contributed by atoms with van der Waals surface area (Å²) in [6.07, 6.45) is 63.7. The zero-order valence-corrected chi connectivity index (χ0v) is 53.3. The first kappa shape index (κ1) is 79.8. The van der Waals surface area contributed by atoms with Crippen molar-refractivity contribution in [3.63, 3.8) is 0 Å². The number of carboxylic acid groups (broad SMARTS) is 3. The summed E-state index contributed by atoms with van der Waals surface area (Å²) in [5, 5.41) is 35.7. The Morgan fingerprint density at radius 3 is 0.797 bits per heavy atom. The van der Waals surface area contributed by atoms with Gasteiger partial charge in [-0.05, 0) is 156 Å². The lowest BCUT2D eigenvalue weighted by Gasteiger charge is -2.23. The summed E-state index contributed by atoms with van der Waals surface area (Å²) >= 11 is 0. The van der Waals surface area contributed by atoms with Gasteiger partial charge in [-0.3, -0.25) is 14.4 Å². The van der Waals surface area contributed by atoms with Crippen LogP contribution in [0.2, 0.25) is 0 Å². The Hall–Kier alpha value is -3.47. The van der Waals surface area contributed by atoms with E-state index in [9.17, 15) is 19.5 Å². The number of allylic oxidation sites excluding steroid dienone is 6. The first-order chi connectivity index (χ1) is 38.1. The molecule has 0 fully saturated rings. The summed E-state index contributed by atoms with van der Waals surface area (Å²) in [5.41, 5.74) is 3.57. The zero-order chi connectivity index (χ0) is 59.3. The van der Waals surface area contributed by atoms with E-state index in [1.54, 1.807) is 0 Å². The maximum absolute atomic E-state index is 10.3. The molecule has 1 aromatic rings. The van der Waals surface area contributed by atoms with Gasteiger partial charge >= 0.3 is 17.9 Å². The highest BCUT2D eigenvalue weighted by atomic mass is 16.4. The molecule has 0 unspecified atom stereocenters. The molecule has 0 spiro atoms. The standard InChI is InChI=1S/3C18H34O2.C15H27N3O/c3*1-2-3-4-5-6-7-8-9-10-11-12-13-14-15-16-17-18(19)20;1-16(2)9-12-7-8-15(19)14(11-18(5)6)13(12)10-17(3)4/h3*9-10H,2-8,11-17H2,1H3,(H,19,20);7-8,19H,9-11H2,1-6H3/b3*10-9-;. The molecule has 0 aliphatic heterocycles. The van der Waals surface area contributed by atoms with E-state index in [0.29, 0.717) is 25.0 Å². The second-order valence-electron chi connectivity index (χ2n) is 23.1. The Kier molecular flexibility index (Phi) is 64.3. The smallest absolute Gasteiger partial charge is 0.303 e. The van der Waals surface area contributed by atoms with Gasteiger partial charge in [0.05, 0.1) is 0 Å². The van der Waals surface area contributed by atoms with Gasteiger partial charge in [0, 0.05) is 44.5 Å². The molecule has 0 amide bonds. The SMILES string of the molecule is CCCCCCCC/C=C\CCCCCCCC(=O)O.CCCCCCCC/C=C\CCCCCCCC(=O)O.CCCCCCCC/C=C\CCCCCCCC(=O)O.CN(C)Cc1ccc(O)c(CN(C)C)c1CN(C)C. The fourth-order valence-corrected chi connectivity index (χ4v) is 9.26. The number of hydrogen-bond donors (Lipinski definition) is 4. The third kappa shape index (κ3) is 66.9. The Morgan fingerprint density at radius 1 is 0.329 bits per heavy atom. The van der Waals surface area contributed by atoms with Crippen LogP contribution in [0.15, 0.2) is 48.6 Å². The Labute approximate surface area is 488 Å². The second-order valence-corrected chi connectivity index (χ2v) is 23.1. The predicted molar refractivity (Wildman–Crippen MR) is 342 cm³/mol. The van der Waals surface area contributed by atoms with Crippen molar-refractivity contribution in [1.29, 1.82) is 0 Å². The summed E-state index contributed by atoms with van der Waals surface area (Å²) in [4.78, 5) is 37.4. The minimum Gasteiger partial charge on any atom is -0.508 e. The van der Waals surface area contributed by atoms with Crippen LogP contribution < -0.4 is 0 Å². The Bertz CT molecular complexity index is 1450. The molecule has 79 heavy (non-hydrogen) atoms. The molecule has 0 atom stereocenters. The molecule has 0 aliphatic carbocycles. The average Bonchev–Trinajstić information content (AvgIpc) is 3.40. The van der Waals surface area contributed by atoms with Gasteiger partial charge in [-0.1, -0.05) is 217 Å². The van der Waals surface area contributed by atoms with Crippen molar-refractivity contribution in [3.8, 4) is 5.75 Å². The van der Waals surface area contributed by atoms with Crippen LogP contribution in [-0.4, -0.2) is 95.3 Å². The van der Waals surface area contributed by atoms with Crippen LogP contribution in [0.3, 0.4) is 0 Å². The Morgan fingerprint density at radius 2 is 0.557 bits per heavy atom. The van der Waals surface area contributed by atoms with Gasteiger partial charge in [0.15, 0.2) is 0 Å². The normalized spacial score (nSPS) is 11.4. The van der Waals surface area contributed by atoms with Crippen LogP contribution in [0.5, 0.6) is 5.75 Å². The molecule has 0 heterocycles. The lowest BCUT2D eigenvalue weighted by atomic mass is 9.98. The van der Waals surface area contributed by atoms with E-state index in [-0.39, 0.29) is 0 Å². The third-order valence-corrected chi connectivity index (χ3v) is 13.9. The predicted octanol–water partition coefficient (Wildman–Crippen LogP) is 19.9. The Balaban J connectivity index is -0.000000975. The summed E-state index contributed by atoms with van der Waals surface area (Å²) in [6, 6.07) is 3.85. The molecular weight excluding hydrogens is 983 g/mol. The van der Waals surface area contributed by atoms with Gasteiger partial charge in [0.2, 0.25) is 0 Å². The van der Waals surface area contributed by atoms with Gasteiger partial charge in [-0.2, -0.15) is 0 Å². The van der Waals surface area contributed by atoms with E-state index < -0.39 is 17.9 Å². The molecule has 0 bridgehead atoms. The molecule has 0 aromatic heterocycles. The number of carboxylic acids is 3. The molecule has 0 saturated carbocycles. The van der Waals surface area contributed by atoms with E-state index >= 15 is 0 Å². The van der Waals surface area contributed by atoms with Gasteiger partial charge in [0.25, 0.3) is 0 Å². The minimum atomic E-state index is -0.664. The number of hydrogen-bond acceptors (Lipinski definition) is 7.